The average Bonchev–Trinajstić information content (AvgIpc) is 2.55. The summed E-state index contributed by atoms with van der Waals surface area (Å²) in [5.41, 5.74) is 0. The van der Waals surface area contributed by atoms with E-state index in [0.717, 1.165) is 0 Å². The van der Waals surface area contributed by atoms with Crippen molar-refractivity contribution >= 4 is 18.0 Å². The summed E-state index contributed by atoms with van der Waals surface area (Å²) in [6, 6.07) is 7.88. The molecule has 0 N–H and O–H groups in total. The van der Waals surface area contributed by atoms with Gasteiger partial charge in [-0.25, -0.2) is 9.59 Å². The topological polar surface area (TPSA) is 82.1 Å². The molecule has 7 nitrogen and oxygen atoms in total. The minimum Gasteiger partial charge on any atom is -0.461 e. The van der Waals surface area contributed by atoms with Crippen LogP contribution in [0.5, 0.6) is 5.75 Å². The second-order valence-electron chi connectivity index (χ2n) is 5.41. The molecule has 2 atom stereocenters. The third-order valence-corrected chi connectivity index (χ3v) is 3.61. The fraction of sp³-hybridized carbons (Fsp3) is 0.471. The lowest BCUT2D eigenvalue weighted by Crippen LogP contribution is -2.54. The van der Waals surface area contributed by atoms with Crippen molar-refractivity contribution in [3.05, 3.63) is 30.3 Å². The van der Waals surface area contributed by atoms with E-state index in [9.17, 15) is 14.4 Å². The van der Waals surface area contributed by atoms with E-state index in [4.69, 9.17) is 14.2 Å². The van der Waals surface area contributed by atoms with Crippen molar-refractivity contribution in [3.63, 3.8) is 0 Å². The molecule has 1 aliphatic heterocycles. The number of hydrogen-bond acceptors (Lipinski definition) is 6. The van der Waals surface area contributed by atoms with E-state index in [1.165, 1.54) is 11.8 Å². The van der Waals surface area contributed by atoms with E-state index < -0.39 is 30.2 Å². The molecule has 1 aromatic rings. The number of carbonyl (C=O) groups excluding carboxylic acids is 3. The van der Waals surface area contributed by atoms with E-state index >= 15 is 0 Å². The van der Waals surface area contributed by atoms with E-state index in [0.29, 0.717) is 18.6 Å². The first kappa shape index (κ1) is 17.8. The first-order chi connectivity index (χ1) is 11.5. The summed E-state index contributed by atoms with van der Waals surface area (Å²) in [6.07, 6.45) is -0.260. The standard InChI is InChI=1S/C17H21NO6/c1-3-22-17(21)18-11-14(23-12(2)19)9-10-15(18)16(20)24-13-7-5-4-6-8-13/h4-8,14-15H,3,9-11H2,1-2H3/t14-,15+/m1/s1. The Balaban J connectivity index is 2.09. The zero-order valence-electron chi connectivity index (χ0n) is 13.8. The van der Waals surface area contributed by atoms with E-state index in [2.05, 4.69) is 0 Å². The van der Waals surface area contributed by atoms with Gasteiger partial charge in [0.15, 0.2) is 0 Å². The maximum absolute atomic E-state index is 12.4. The molecule has 0 radical (unpaired) electrons. The van der Waals surface area contributed by atoms with Crippen molar-refractivity contribution in [2.24, 2.45) is 0 Å². The number of para-hydroxylation sites is 1. The third-order valence-electron chi connectivity index (χ3n) is 3.61. The Morgan fingerprint density at radius 3 is 2.50 bits per heavy atom. The third kappa shape index (κ3) is 4.71. The maximum Gasteiger partial charge on any atom is 0.410 e. The number of nitrogens with zero attached hydrogens (tertiary/aromatic N) is 1. The molecule has 1 fully saturated rings. The van der Waals surface area contributed by atoms with Crippen molar-refractivity contribution < 1.29 is 28.6 Å². The van der Waals surface area contributed by atoms with Gasteiger partial charge in [0.2, 0.25) is 0 Å². The lowest BCUT2D eigenvalue weighted by molar-refractivity contribution is -0.152. The molecule has 0 aliphatic carbocycles. The van der Waals surface area contributed by atoms with Crippen LogP contribution in [0.2, 0.25) is 0 Å². The zero-order valence-corrected chi connectivity index (χ0v) is 13.8. The van der Waals surface area contributed by atoms with Gasteiger partial charge in [0.25, 0.3) is 0 Å². The van der Waals surface area contributed by atoms with Gasteiger partial charge in [-0.3, -0.25) is 9.69 Å². The van der Waals surface area contributed by atoms with Crippen LogP contribution >= 0.6 is 0 Å². The molecule has 0 aromatic heterocycles. The Bertz CT molecular complexity index is 588. The molecule has 1 amide bonds. The summed E-state index contributed by atoms with van der Waals surface area (Å²) < 4.78 is 15.5. The van der Waals surface area contributed by atoms with Crippen molar-refractivity contribution in [1.29, 1.82) is 0 Å². The van der Waals surface area contributed by atoms with E-state index in [1.54, 1.807) is 31.2 Å². The highest BCUT2D eigenvalue weighted by Gasteiger charge is 2.39. The first-order valence-corrected chi connectivity index (χ1v) is 7.88. The summed E-state index contributed by atoms with van der Waals surface area (Å²) in [6.45, 7) is 3.29. The minimum absolute atomic E-state index is 0.104. The van der Waals surface area contributed by atoms with Gasteiger partial charge in [-0.1, -0.05) is 18.2 Å². The van der Waals surface area contributed by atoms with Crippen molar-refractivity contribution in [2.45, 2.75) is 38.8 Å². The first-order valence-electron chi connectivity index (χ1n) is 7.88. The quantitative estimate of drug-likeness (QED) is 0.619. The zero-order chi connectivity index (χ0) is 17.5. The van der Waals surface area contributed by atoms with Crippen molar-refractivity contribution in [3.8, 4) is 5.75 Å². The summed E-state index contributed by atoms with van der Waals surface area (Å²) in [5.74, 6) is -0.543. The van der Waals surface area contributed by atoms with Crippen LogP contribution in [-0.4, -0.2) is 48.2 Å². The highest BCUT2D eigenvalue weighted by molar-refractivity contribution is 5.83. The van der Waals surface area contributed by atoms with Crippen LogP contribution in [0.4, 0.5) is 4.79 Å². The van der Waals surface area contributed by atoms with Crippen LogP contribution in [0.15, 0.2) is 30.3 Å². The largest absolute Gasteiger partial charge is 0.461 e. The van der Waals surface area contributed by atoms with Gasteiger partial charge < -0.3 is 14.2 Å². The average molecular weight is 335 g/mol. The fourth-order valence-electron chi connectivity index (χ4n) is 2.59. The number of ether oxygens (including phenoxy) is 3. The number of rotatable bonds is 4. The molecule has 1 aromatic carbocycles. The second kappa shape index (κ2) is 8.33. The molecule has 0 unspecified atom stereocenters. The SMILES string of the molecule is CCOC(=O)N1C[C@H](OC(C)=O)CC[C@H]1C(=O)Oc1ccccc1. The van der Waals surface area contributed by atoms with Crippen LogP contribution in [-0.2, 0) is 19.1 Å². The number of esters is 2. The molecule has 1 heterocycles. The van der Waals surface area contributed by atoms with Gasteiger partial charge >= 0.3 is 18.0 Å². The lowest BCUT2D eigenvalue weighted by Gasteiger charge is -2.36. The fourth-order valence-corrected chi connectivity index (χ4v) is 2.59. The van der Waals surface area contributed by atoms with Crippen molar-refractivity contribution in [2.75, 3.05) is 13.2 Å². The van der Waals surface area contributed by atoms with Crippen LogP contribution in [0.1, 0.15) is 26.7 Å². The Kier molecular flexibility index (Phi) is 6.17. The van der Waals surface area contributed by atoms with Gasteiger partial charge in [0, 0.05) is 6.92 Å². The Hall–Kier alpha value is -2.57. The highest BCUT2D eigenvalue weighted by Crippen LogP contribution is 2.23. The molecule has 0 bridgehead atoms. The predicted octanol–water partition coefficient (Wildman–Crippen LogP) is 2.14. The number of benzene rings is 1. The van der Waals surface area contributed by atoms with Crippen molar-refractivity contribution in [1.82, 2.24) is 4.90 Å². The van der Waals surface area contributed by atoms with Crippen LogP contribution in [0.25, 0.3) is 0 Å². The van der Waals surface area contributed by atoms with Gasteiger partial charge in [-0.15, -0.1) is 0 Å². The number of hydrogen-bond donors (Lipinski definition) is 0. The van der Waals surface area contributed by atoms with Crippen LogP contribution in [0.3, 0.4) is 0 Å². The summed E-state index contributed by atoms with van der Waals surface area (Å²) in [4.78, 5) is 37.0. The van der Waals surface area contributed by atoms with Gasteiger partial charge in [0.05, 0.1) is 13.2 Å². The number of piperidine rings is 1. The Morgan fingerprint density at radius 2 is 1.88 bits per heavy atom. The molecule has 130 valence electrons. The second-order valence-corrected chi connectivity index (χ2v) is 5.41. The summed E-state index contributed by atoms with van der Waals surface area (Å²) >= 11 is 0. The maximum atomic E-state index is 12.4. The van der Waals surface area contributed by atoms with E-state index in [-0.39, 0.29) is 13.2 Å². The highest BCUT2D eigenvalue weighted by atomic mass is 16.6. The monoisotopic (exact) mass is 335 g/mol. The van der Waals surface area contributed by atoms with Crippen LogP contribution in [0, 0.1) is 0 Å². The summed E-state index contributed by atoms with van der Waals surface area (Å²) in [5, 5.41) is 0. The minimum atomic E-state index is -0.768. The molecule has 2 rings (SSSR count). The normalized spacial score (nSPS) is 20.2. The lowest BCUT2D eigenvalue weighted by atomic mass is 10.0. The molecule has 1 saturated heterocycles. The van der Waals surface area contributed by atoms with Crippen LogP contribution < -0.4 is 4.74 Å². The van der Waals surface area contributed by atoms with Gasteiger partial charge in [-0.2, -0.15) is 0 Å². The Morgan fingerprint density at radius 1 is 1.17 bits per heavy atom. The number of amides is 1. The smallest absolute Gasteiger partial charge is 0.410 e. The summed E-state index contributed by atoms with van der Waals surface area (Å²) in [7, 11) is 0. The molecular weight excluding hydrogens is 314 g/mol. The van der Waals surface area contributed by atoms with Gasteiger partial charge in [-0.05, 0) is 31.9 Å². The number of likely N-dealkylation sites (tertiary alicyclic amines) is 1. The van der Waals surface area contributed by atoms with Gasteiger partial charge in [0.1, 0.15) is 17.9 Å². The molecule has 7 heteroatoms. The predicted molar refractivity (Wildman–Crippen MR) is 84.4 cm³/mol. The van der Waals surface area contributed by atoms with E-state index in [1.807, 2.05) is 6.07 Å². The Labute approximate surface area is 140 Å². The molecule has 24 heavy (non-hydrogen) atoms. The molecular formula is C17H21NO6. The molecule has 1 aliphatic rings. The molecule has 0 spiro atoms. The molecule has 0 saturated carbocycles. The number of carbonyl (C=O) groups is 3.